The maximum absolute atomic E-state index is 12.1. The topological polar surface area (TPSA) is 97.4 Å². The predicted molar refractivity (Wildman–Crippen MR) is 153 cm³/mol. The molecule has 0 heterocycles. The van der Waals surface area contributed by atoms with E-state index < -0.39 is 16.1 Å². The lowest BCUT2D eigenvalue weighted by Gasteiger charge is -2.17. The second-order valence-corrected chi connectivity index (χ2v) is 10.6. The highest BCUT2D eigenvalue weighted by Crippen LogP contribution is 2.43. The fraction of sp³-hybridized carbons (Fsp3) is 0.194. The van der Waals surface area contributed by atoms with Crippen molar-refractivity contribution in [1.29, 1.82) is 0 Å². The van der Waals surface area contributed by atoms with Gasteiger partial charge in [-0.15, -0.1) is 0 Å². The van der Waals surface area contributed by atoms with Crippen molar-refractivity contribution < 1.29 is 36.3 Å². The molecule has 9 heteroatoms. The van der Waals surface area contributed by atoms with Crippen LogP contribution in [-0.4, -0.2) is 42.0 Å². The first kappa shape index (κ1) is 28.5. The molecule has 4 rings (SSSR count). The zero-order chi connectivity index (χ0) is 28.9. The zero-order valence-corrected chi connectivity index (χ0v) is 23.7. The van der Waals surface area contributed by atoms with Gasteiger partial charge in [0, 0.05) is 11.1 Å². The highest BCUT2D eigenvalue weighted by Gasteiger charge is 2.19. The van der Waals surface area contributed by atoms with Crippen LogP contribution in [0.3, 0.4) is 0 Å². The Kier molecular flexibility index (Phi) is 8.64. The molecule has 4 aromatic carbocycles. The van der Waals surface area contributed by atoms with Gasteiger partial charge in [-0.25, -0.2) is 4.79 Å². The molecule has 0 radical (unpaired) electrons. The van der Waals surface area contributed by atoms with Gasteiger partial charge in [-0.3, -0.25) is 0 Å². The minimum Gasteiger partial charge on any atom is -0.496 e. The highest BCUT2D eigenvalue weighted by molar-refractivity contribution is 7.86. The zero-order valence-electron chi connectivity index (χ0n) is 22.9. The molecule has 0 bridgehead atoms. The number of carbonyl (C=O) groups excluding carboxylic acids is 1. The summed E-state index contributed by atoms with van der Waals surface area (Å²) in [6.45, 7) is 2.23. The highest BCUT2D eigenvalue weighted by atomic mass is 32.2. The van der Waals surface area contributed by atoms with Gasteiger partial charge in [0.05, 0.1) is 33.1 Å². The fourth-order valence-corrected chi connectivity index (χ4v) is 4.58. The van der Waals surface area contributed by atoms with Gasteiger partial charge in [-0.05, 0) is 60.0 Å². The number of methoxy groups -OCH3 is 3. The number of carbonyl (C=O) groups is 1. The van der Waals surface area contributed by atoms with Gasteiger partial charge in [0.15, 0.2) is 11.5 Å². The normalized spacial score (nSPS) is 11.0. The molecule has 0 atom stereocenters. The Labute approximate surface area is 234 Å². The van der Waals surface area contributed by atoms with Crippen LogP contribution in [-0.2, 0) is 21.5 Å². The van der Waals surface area contributed by atoms with E-state index in [1.807, 2.05) is 37.3 Å². The minimum absolute atomic E-state index is 0.0515. The number of rotatable bonds is 10. The largest absolute Gasteiger partial charge is 0.496 e. The molecule has 0 N–H and O–H groups in total. The summed E-state index contributed by atoms with van der Waals surface area (Å²) in [4.78, 5) is 11.8. The Hall–Kier alpha value is -4.50. The quantitative estimate of drug-likeness (QED) is 0.170. The molecule has 0 unspecified atom stereocenters. The monoisotopic (exact) mass is 562 g/mol. The van der Waals surface area contributed by atoms with Gasteiger partial charge in [-0.2, -0.15) is 8.42 Å². The van der Waals surface area contributed by atoms with E-state index in [1.54, 1.807) is 62.8 Å². The summed E-state index contributed by atoms with van der Waals surface area (Å²) in [7, 11) is 0.590. The molecule has 4 aromatic rings. The van der Waals surface area contributed by atoms with Crippen LogP contribution in [0.5, 0.6) is 23.0 Å². The molecule has 0 aliphatic rings. The molecular formula is C31H30O8S. The van der Waals surface area contributed by atoms with Crippen molar-refractivity contribution in [2.24, 2.45) is 0 Å². The average molecular weight is 563 g/mol. The molecule has 0 aliphatic carbocycles. The van der Waals surface area contributed by atoms with Crippen molar-refractivity contribution in [2.45, 2.75) is 13.5 Å². The first-order chi connectivity index (χ1) is 19.1. The maximum atomic E-state index is 12.1. The summed E-state index contributed by atoms with van der Waals surface area (Å²) < 4.78 is 51.6. The molecule has 0 fully saturated rings. The van der Waals surface area contributed by atoms with Crippen molar-refractivity contribution in [3.05, 3.63) is 95.6 Å². The molecular weight excluding hydrogens is 532 g/mol. The molecule has 208 valence electrons. The maximum Gasteiger partial charge on any atom is 0.337 e. The van der Waals surface area contributed by atoms with Crippen molar-refractivity contribution in [1.82, 2.24) is 0 Å². The van der Waals surface area contributed by atoms with E-state index in [9.17, 15) is 13.2 Å². The van der Waals surface area contributed by atoms with Gasteiger partial charge >= 0.3 is 16.1 Å². The molecule has 0 spiro atoms. The van der Waals surface area contributed by atoms with Crippen LogP contribution in [0.1, 0.15) is 21.5 Å². The van der Waals surface area contributed by atoms with Crippen LogP contribution in [0.2, 0.25) is 0 Å². The van der Waals surface area contributed by atoms with Gasteiger partial charge in [0.2, 0.25) is 0 Å². The number of benzene rings is 4. The van der Waals surface area contributed by atoms with E-state index in [-0.39, 0.29) is 18.1 Å². The first-order valence-electron chi connectivity index (χ1n) is 12.3. The van der Waals surface area contributed by atoms with Crippen molar-refractivity contribution >= 4 is 16.1 Å². The van der Waals surface area contributed by atoms with Crippen LogP contribution >= 0.6 is 0 Å². The lowest BCUT2D eigenvalue weighted by atomic mass is 9.97. The standard InChI is InChI=1S/C31H30O8S/c1-20-6-8-21(9-7-20)19-38-27-15-14-24(16-30(27)39-40(5,33)34)26-18-28(35-2)25(17-29(26)36-3)22-10-12-23(13-11-22)31(32)37-4/h6-18H,19H2,1-5H3. The molecule has 0 saturated heterocycles. The number of hydrogen-bond acceptors (Lipinski definition) is 8. The number of hydrogen-bond donors (Lipinski definition) is 0. The van der Waals surface area contributed by atoms with Gasteiger partial charge in [0.25, 0.3) is 0 Å². The van der Waals surface area contributed by atoms with E-state index in [4.69, 9.17) is 23.1 Å². The SMILES string of the molecule is COC(=O)c1ccc(-c2cc(OC)c(-c3ccc(OCc4ccc(C)cc4)c(OS(C)(=O)=O)c3)cc2OC)cc1. The second kappa shape index (κ2) is 12.1. The molecule has 0 saturated carbocycles. The lowest BCUT2D eigenvalue weighted by Crippen LogP contribution is -2.08. The van der Waals surface area contributed by atoms with Crippen LogP contribution in [0.15, 0.2) is 78.9 Å². The molecule has 40 heavy (non-hydrogen) atoms. The Balaban J connectivity index is 1.73. The van der Waals surface area contributed by atoms with Crippen molar-refractivity contribution in [3.63, 3.8) is 0 Å². The number of esters is 1. The average Bonchev–Trinajstić information content (AvgIpc) is 2.95. The van der Waals surface area contributed by atoms with Crippen molar-refractivity contribution in [2.75, 3.05) is 27.6 Å². The van der Waals surface area contributed by atoms with Gasteiger partial charge in [-0.1, -0.05) is 48.0 Å². The van der Waals surface area contributed by atoms with Gasteiger partial charge < -0.3 is 23.1 Å². The van der Waals surface area contributed by atoms with E-state index in [0.29, 0.717) is 28.2 Å². The number of ether oxygens (including phenoxy) is 4. The molecule has 0 aromatic heterocycles. The van der Waals surface area contributed by atoms with E-state index in [0.717, 1.165) is 28.5 Å². The third kappa shape index (κ3) is 6.73. The predicted octanol–water partition coefficient (Wildman–Crippen LogP) is 6.05. The summed E-state index contributed by atoms with van der Waals surface area (Å²) in [6, 6.07) is 23.4. The Bertz CT molecular complexity index is 1610. The van der Waals surface area contributed by atoms with E-state index in [1.165, 1.54) is 7.11 Å². The summed E-state index contributed by atoms with van der Waals surface area (Å²) in [5, 5.41) is 0. The summed E-state index contributed by atoms with van der Waals surface area (Å²) in [6.07, 6.45) is 0.979. The van der Waals surface area contributed by atoms with E-state index in [2.05, 4.69) is 0 Å². The molecule has 0 amide bonds. The number of aryl methyl sites for hydroxylation is 1. The second-order valence-electron chi connectivity index (χ2n) is 9.04. The Morgan fingerprint density at radius 2 is 1.27 bits per heavy atom. The molecule has 8 nitrogen and oxygen atoms in total. The molecule has 0 aliphatic heterocycles. The van der Waals surface area contributed by atoms with E-state index >= 15 is 0 Å². The summed E-state index contributed by atoms with van der Waals surface area (Å²) >= 11 is 0. The summed E-state index contributed by atoms with van der Waals surface area (Å²) in [5.41, 5.74) is 5.31. The minimum atomic E-state index is -3.84. The Morgan fingerprint density at radius 1 is 0.700 bits per heavy atom. The first-order valence-corrected chi connectivity index (χ1v) is 14.1. The lowest BCUT2D eigenvalue weighted by molar-refractivity contribution is 0.0600. The summed E-state index contributed by atoms with van der Waals surface area (Å²) in [5.74, 6) is 0.974. The van der Waals surface area contributed by atoms with Crippen LogP contribution in [0, 0.1) is 6.92 Å². The smallest absolute Gasteiger partial charge is 0.337 e. The van der Waals surface area contributed by atoms with Crippen LogP contribution in [0.4, 0.5) is 0 Å². The van der Waals surface area contributed by atoms with Crippen LogP contribution in [0.25, 0.3) is 22.3 Å². The van der Waals surface area contributed by atoms with Gasteiger partial charge in [0.1, 0.15) is 18.1 Å². The fourth-order valence-electron chi connectivity index (χ4n) is 4.12. The van der Waals surface area contributed by atoms with Crippen LogP contribution < -0.4 is 18.4 Å². The van der Waals surface area contributed by atoms with Crippen molar-refractivity contribution in [3.8, 4) is 45.3 Å². The third-order valence-corrected chi connectivity index (χ3v) is 6.63. The Morgan fingerprint density at radius 3 is 1.82 bits per heavy atom. The third-order valence-electron chi connectivity index (χ3n) is 6.15.